The van der Waals surface area contributed by atoms with E-state index in [0.717, 1.165) is 84.8 Å². The number of hydrogen-bond donors (Lipinski definition) is 0. The Bertz CT molecular complexity index is 1490. The third-order valence-corrected chi connectivity index (χ3v) is 12.2. The zero-order chi connectivity index (χ0) is 46.1. The van der Waals surface area contributed by atoms with Gasteiger partial charge in [0.2, 0.25) is 0 Å². The molecule has 6 nitrogen and oxygen atoms in total. The second kappa shape index (κ2) is 33.2. The van der Waals surface area contributed by atoms with Crippen LogP contribution in [0.25, 0.3) is 21.5 Å². The number of hydrogen-bond acceptors (Lipinski definition) is 6. The fourth-order valence-electron chi connectivity index (χ4n) is 8.83. The zero-order valence-corrected chi connectivity index (χ0v) is 42.1. The second-order valence-corrected chi connectivity index (χ2v) is 20.7. The van der Waals surface area contributed by atoms with Crippen molar-refractivity contribution in [2.45, 2.75) is 258 Å². The van der Waals surface area contributed by atoms with E-state index in [2.05, 4.69) is 48.5 Å². The second-order valence-electron chi connectivity index (χ2n) is 20.7. The molecule has 0 atom stereocenters. The molecule has 6 heteroatoms. The molecule has 64 heavy (non-hydrogen) atoms. The molecule has 0 unspecified atom stereocenters. The Morgan fingerprint density at radius 2 is 0.531 bits per heavy atom. The third kappa shape index (κ3) is 26.0. The number of esters is 2. The van der Waals surface area contributed by atoms with Crippen LogP contribution in [0.3, 0.4) is 0 Å². The summed E-state index contributed by atoms with van der Waals surface area (Å²) in [5.41, 5.74) is -0.742. The van der Waals surface area contributed by atoms with Crippen molar-refractivity contribution in [3.8, 4) is 11.5 Å². The molecule has 362 valence electrons. The lowest BCUT2D eigenvalue weighted by Crippen LogP contribution is -2.23. The molecule has 3 rings (SSSR count). The minimum atomic E-state index is -0.371. The van der Waals surface area contributed by atoms with Gasteiger partial charge in [0.05, 0.1) is 13.2 Å². The number of unbranched alkanes of at least 4 members (excludes halogenated alkanes) is 28. The summed E-state index contributed by atoms with van der Waals surface area (Å²) in [5.74, 6) is 1.89. The normalized spacial score (nSPS) is 12.0. The number of fused-ring (bicyclic) bond motifs is 2. The molecular formula is C58H94O6. The van der Waals surface area contributed by atoms with Crippen LogP contribution >= 0.6 is 0 Å². The largest absolute Gasteiger partial charge is 0.492 e. The van der Waals surface area contributed by atoms with Crippen LogP contribution in [0.1, 0.15) is 247 Å². The van der Waals surface area contributed by atoms with E-state index in [-0.39, 0.29) is 23.1 Å². The van der Waals surface area contributed by atoms with Gasteiger partial charge in [-0.2, -0.15) is 0 Å². The molecule has 0 heterocycles. The highest BCUT2D eigenvalue weighted by Gasteiger charge is 2.18. The van der Waals surface area contributed by atoms with E-state index in [1.165, 1.54) is 154 Å². The van der Waals surface area contributed by atoms with Crippen LogP contribution in [0.15, 0.2) is 48.5 Å². The molecule has 0 bridgehead atoms. The quantitative estimate of drug-likeness (QED) is 0.0324. The van der Waals surface area contributed by atoms with Crippen LogP contribution < -0.4 is 9.47 Å². The first kappa shape index (κ1) is 55.1. The van der Waals surface area contributed by atoms with Crippen LogP contribution in [-0.4, -0.2) is 36.4 Å². The SMILES string of the molecule is CC(C)(C)OC(=O)CCCCCCCCCCCCCCCCCOc1c2ccccc2c(OCCCCCCCCCCCCCCCCCC(=O)OC(C)(C)C)c2ccccc12. The zero-order valence-electron chi connectivity index (χ0n) is 42.1. The minimum absolute atomic E-state index is 0.0574. The standard InChI is InChI=1S/C58H94O6/c1-57(2,3)63-53(59)45-33-29-25-21-17-13-9-7-11-15-19-23-27-31-39-47-61-55-49-41-35-37-43-51(49)56(52-44-38-36-42-50(52)55)62-48-40-32-28-24-20-16-12-8-10-14-18-22-26-30-34-46-54(60)64-58(4,5)6/h35-38,41-44H,7-34,39-40,45-48H2,1-6H3. The minimum Gasteiger partial charge on any atom is -0.492 e. The molecule has 0 aliphatic rings. The number of carbonyl (C=O) groups is 2. The van der Waals surface area contributed by atoms with Crippen molar-refractivity contribution in [2.24, 2.45) is 0 Å². The van der Waals surface area contributed by atoms with Crippen molar-refractivity contribution >= 4 is 33.5 Å². The Labute approximate surface area is 392 Å². The van der Waals surface area contributed by atoms with Crippen LogP contribution in [0.2, 0.25) is 0 Å². The highest BCUT2D eigenvalue weighted by atomic mass is 16.6. The fraction of sp³-hybridized carbons (Fsp3) is 0.724. The van der Waals surface area contributed by atoms with Crippen molar-refractivity contribution in [1.29, 1.82) is 0 Å². The average Bonchev–Trinajstić information content (AvgIpc) is 3.24. The molecular weight excluding hydrogens is 793 g/mol. The lowest BCUT2D eigenvalue weighted by atomic mass is 10.0. The number of carbonyl (C=O) groups excluding carboxylic acids is 2. The van der Waals surface area contributed by atoms with Gasteiger partial charge in [0.15, 0.2) is 0 Å². The van der Waals surface area contributed by atoms with Gasteiger partial charge in [0, 0.05) is 34.4 Å². The Hall–Kier alpha value is -3.28. The lowest BCUT2D eigenvalue weighted by molar-refractivity contribution is -0.156. The Balaban J connectivity index is 1.19. The summed E-state index contributed by atoms with van der Waals surface area (Å²) in [6.45, 7) is 13.1. The maximum absolute atomic E-state index is 11.8. The first-order valence-corrected chi connectivity index (χ1v) is 26.6. The molecule has 0 amide bonds. The summed E-state index contributed by atoms with van der Waals surface area (Å²) in [4.78, 5) is 23.6. The molecule has 0 saturated heterocycles. The Morgan fingerprint density at radius 3 is 0.750 bits per heavy atom. The van der Waals surface area contributed by atoms with E-state index >= 15 is 0 Å². The first-order valence-electron chi connectivity index (χ1n) is 26.6. The summed E-state index contributed by atoms with van der Waals surface area (Å²) in [7, 11) is 0. The van der Waals surface area contributed by atoms with Crippen LogP contribution in [0.5, 0.6) is 11.5 Å². The molecule has 3 aromatic carbocycles. The molecule has 3 aromatic rings. The molecule has 0 aromatic heterocycles. The van der Waals surface area contributed by atoms with Crippen molar-refractivity contribution < 1.29 is 28.5 Å². The van der Waals surface area contributed by atoms with E-state index in [1.807, 2.05) is 41.5 Å². The lowest BCUT2D eigenvalue weighted by Gasteiger charge is -2.19. The van der Waals surface area contributed by atoms with Gasteiger partial charge in [-0.3, -0.25) is 9.59 Å². The van der Waals surface area contributed by atoms with Gasteiger partial charge >= 0.3 is 11.9 Å². The third-order valence-electron chi connectivity index (χ3n) is 12.2. The summed E-state index contributed by atoms with van der Waals surface area (Å²) in [5, 5.41) is 4.61. The fourth-order valence-corrected chi connectivity index (χ4v) is 8.83. The van der Waals surface area contributed by atoms with E-state index in [1.54, 1.807) is 0 Å². The number of benzene rings is 3. The van der Waals surface area contributed by atoms with E-state index in [4.69, 9.17) is 18.9 Å². The van der Waals surface area contributed by atoms with Gasteiger partial charge in [0.25, 0.3) is 0 Å². The van der Waals surface area contributed by atoms with E-state index in [0.29, 0.717) is 12.8 Å². The molecule has 0 N–H and O–H groups in total. The molecule has 0 saturated carbocycles. The summed E-state index contributed by atoms with van der Waals surface area (Å²) < 4.78 is 24.0. The maximum Gasteiger partial charge on any atom is 0.306 e. The summed E-state index contributed by atoms with van der Waals surface area (Å²) in [6.07, 6.45) is 39.1. The van der Waals surface area contributed by atoms with Gasteiger partial charge in [0.1, 0.15) is 22.7 Å². The predicted octanol–water partition coefficient (Wildman–Crippen LogP) is 17.9. The molecule has 0 aliphatic carbocycles. The smallest absolute Gasteiger partial charge is 0.306 e. The van der Waals surface area contributed by atoms with Crippen molar-refractivity contribution in [2.75, 3.05) is 13.2 Å². The van der Waals surface area contributed by atoms with Gasteiger partial charge in [-0.05, 0) is 67.2 Å². The molecule has 0 aliphatic heterocycles. The topological polar surface area (TPSA) is 71.1 Å². The Kier molecular flexibility index (Phi) is 28.6. The molecule has 0 spiro atoms. The van der Waals surface area contributed by atoms with Gasteiger partial charge in [-0.25, -0.2) is 0 Å². The van der Waals surface area contributed by atoms with E-state index < -0.39 is 0 Å². The summed E-state index contributed by atoms with van der Waals surface area (Å²) in [6, 6.07) is 17.3. The van der Waals surface area contributed by atoms with Gasteiger partial charge < -0.3 is 18.9 Å². The van der Waals surface area contributed by atoms with Crippen molar-refractivity contribution in [3.05, 3.63) is 48.5 Å². The van der Waals surface area contributed by atoms with E-state index in [9.17, 15) is 9.59 Å². The Morgan fingerprint density at radius 1 is 0.328 bits per heavy atom. The van der Waals surface area contributed by atoms with Gasteiger partial charge in [-0.15, -0.1) is 0 Å². The summed E-state index contributed by atoms with van der Waals surface area (Å²) >= 11 is 0. The molecule has 0 fully saturated rings. The van der Waals surface area contributed by atoms with Crippen molar-refractivity contribution in [3.63, 3.8) is 0 Å². The number of ether oxygens (including phenoxy) is 4. The van der Waals surface area contributed by atoms with Gasteiger partial charge in [-0.1, -0.05) is 215 Å². The monoisotopic (exact) mass is 887 g/mol. The number of rotatable bonds is 38. The van der Waals surface area contributed by atoms with Crippen LogP contribution in [-0.2, 0) is 19.1 Å². The van der Waals surface area contributed by atoms with Crippen LogP contribution in [0, 0.1) is 0 Å². The highest BCUT2D eigenvalue weighted by molar-refractivity contribution is 6.11. The van der Waals surface area contributed by atoms with Crippen molar-refractivity contribution in [1.82, 2.24) is 0 Å². The maximum atomic E-state index is 11.8. The average molecular weight is 887 g/mol. The highest BCUT2D eigenvalue weighted by Crippen LogP contribution is 2.43. The first-order chi connectivity index (χ1) is 30.9. The van der Waals surface area contributed by atoms with Crippen LogP contribution in [0.4, 0.5) is 0 Å². The predicted molar refractivity (Wildman–Crippen MR) is 272 cm³/mol. The molecule has 0 radical (unpaired) electrons.